The van der Waals surface area contributed by atoms with E-state index in [1.165, 1.54) is 23.9 Å². The normalized spacial score (nSPS) is 23.4. The third-order valence-corrected chi connectivity index (χ3v) is 6.74. The van der Waals surface area contributed by atoms with E-state index in [0.717, 1.165) is 0 Å². The van der Waals surface area contributed by atoms with Crippen LogP contribution in [0, 0.1) is 12.8 Å². The lowest BCUT2D eigenvalue weighted by Crippen LogP contribution is -2.63. The molecule has 14 heteroatoms. The first-order chi connectivity index (χ1) is 14.7. The van der Waals surface area contributed by atoms with E-state index >= 15 is 0 Å². The first-order valence-corrected chi connectivity index (χ1v) is 11.9. The lowest BCUT2D eigenvalue weighted by molar-refractivity contribution is -0.127. The highest BCUT2D eigenvalue weighted by Crippen LogP contribution is 2.27. The number of carbonyl (C=O) groups excluding carboxylic acids is 2. The maximum atomic E-state index is 12.5. The number of aromatic nitrogens is 1. The van der Waals surface area contributed by atoms with Crippen molar-refractivity contribution >= 4 is 45.1 Å². The Morgan fingerprint density at radius 2 is 2.13 bits per heavy atom. The summed E-state index contributed by atoms with van der Waals surface area (Å²) >= 11 is 1.22. The number of primary sulfonamides is 1. The number of hydrogen-bond acceptors (Lipinski definition) is 10. The van der Waals surface area contributed by atoms with Crippen LogP contribution in [0.5, 0.6) is 0 Å². The maximum absolute atomic E-state index is 12.5. The van der Waals surface area contributed by atoms with E-state index in [9.17, 15) is 18.0 Å². The van der Waals surface area contributed by atoms with Crippen LogP contribution < -0.4 is 31.5 Å². The molecule has 2 fully saturated rings. The first kappa shape index (κ1) is 21.6. The van der Waals surface area contributed by atoms with Crippen LogP contribution >= 0.6 is 11.8 Å². The van der Waals surface area contributed by atoms with Crippen LogP contribution in [0.2, 0.25) is 0 Å². The van der Waals surface area contributed by atoms with Gasteiger partial charge in [-0.3, -0.25) is 19.9 Å². The fourth-order valence-electron chi connectivity index (χ4n) is 3.35. The maximum Gasteiger partial charge on any atom is 0.238 e. The van der Waals surface area contributed by atoms with Crippen molar-refractivity contribution in [2.45, 2.75) is 23.5 Å². The zero-order chi connectivity index (χ0) is 22.2. The monoisotopic (exact) mass is 467 g/mol. The van der Waals surface area contributed by atoms with Crippen molar-refractivity contribution in [3.8, 4) is 0 Å². The van der Waals surface area contributed by atoms with Gasteiger partial charge in [0, 0.05) is 12.6 Å². The molecule has 0 radical (unpaired) electrons. The summed E-state index contributed by atoms with van der Waals surface area (Å²) in [6.07, 6.45) is -0.382. The van der Waals surface area contributed by atoms with Crippen molar-refractivity contribution < 1.29 is 22.5 Å². The minimum absolute atomic E-state index is 0.00286. The number of amides is 2. The van der Waals surface area contributed by atoms with Crippen LogP contribution in [-0.2, 0) is 19.6 Å². The summed E-state index contributed by atoms with van der Waals surface area (Å²) in [5.41, 5.74) is 3.32. The van der Waals surface area contributed by atoms with E-state index < -0.39 is 15.5 Å². The standard InChI is InChI=1S/C17H21N7O5S2/c1-9-6-13(23-29-9)20-14(25)8-30-17-21-15-12(16(26)22-17)7-19-24(15)10-2-4-11(5-3-10)31(18,27)28/h2-6,12,15,17,19,21H,7-8H2,1H3,(H,22,26)(H2,18,27,28)(H,20,23,25). The van der Waals surface area contributed by atoms with E-state index in [0.29, 0.717) is 23.8 Å². The number of hydrogen-bond donors (Lipinski definition) is 5. The topological polar surface area (TPSA) is 172 Å². The Hall–Kier alpha value is -2.65. The molecule has 3 unspecified atom stereocenters. The number of rotatable bonds is 6. The van der Waals surface area contributed by atoms with Gasteiger partial charge in [0.15, 0.2) is 5.82 Å². The van der Waals surface area contributed by atoms with Crippen molar-refractivity contribution in [3.63, 3.8) is 0 Å². The van der Waals surface area contributed by atoms with Crippen LogP contribution in [0.1, 0.15) is 5.76 Å². The number of fused-ring (bicyclic) bond motifs is 1. The summed E-state index contributed by atoms with van der Waals surface area (Å²) in [6.45, 7) is 2.13. The van der Waals surface area contributed by atoms with Crippen molar-refractivity contribution in [3.05, 3.63) is 36.1 Å². The zero-order valence-corrected chi connectivity index (χ0v) is 18.0. The lowest BCUT2D eigenvalue weighted by atomic mass is 10.1. The van der Waals surface area contributed by atoms with Crippen molar-refractivity contribution in [1.29, 1.82) is 0 Å². The number of thioether (sulfide) groups is 1. The Morgan fingerprint density at radius 1 is 1.39 bits per heavy atom. The minimum Gasteiger partial charge on any atom is -0.360 e. The summed E-state index contributed by atoms with van der Waals surface area (Å²) in [5, 5.41) is 19.4. The molecule has 31 heavy (non-hydrogen) atoms. The molecule has 0 spiro atoms. The van der Waals surface area contributed by atoms with Crippen LogP contribution in [0.25, 0.3) is 0 Å². The van der Waals surface area contributed by atoms with Crippen LogP contribution in [0.3, 0.4) is 0 Å². The van der Waals surface area contributed by atoms with E-state index in [1.54, 1.807) is 30.1 Å². The van der Waals surface area contributed by atoms with Gasteiger partial charge in [-0.15, -0.1) is 11.8 Å². The van der Waals surface area contributed by atoms with Gasteiger partial charge in [-0.1, -0.05) is 5.16 Å². The Labute approximate surface area is 182 Å². The molecule has 2 saturated heterocycles. The molecule has 0 bridgehead atoms. The van der Waals surface area contributed by atoms with Crippen molar-refractivity contribution in [1.82, 2.24) is 21.2 Å². The number of benzene rings is 1. The molecule has 1 aromatic carbocycles. The second kappa shape index (κ2) is 8.47. The predicted molar refractivity (Wildman–Crippen MR) is 113 cm³/mol. The third-order valence-electron chi connectivity index (χ3n) is 4.79. The predicted octanol–water partition coefficient (Wildman–Crippen LogP) is -0.728. The number of nitrogens with two attached hydrogens (primary N) is 1. The number of hydrazine groups is 1. The van der Waals surface area contributed by atoms with Gasteiger partial charge in [0.05, 0.1) is 22.3 Å². The smallest absolute Gasteiger partial charge is 0.238 e. The van der Waals surface area contributed by atoms with E-state index in [1.807, 2.05) is 0 Å². The lowest BCUT2D eigenvalue weighted by Gasteiger charge is -2.37. The summed E-state index contributed by atoms with van der Waals surface area (Å²) in [6, 6.07) is 7.64. The van der Waals surface area contributed by atoms with Gasteiger partial charge < -0.3 is 15.2 Å². The van der Waals surface area contributed by atoms with Crippen LogP contribution in [-0.4, -0.2) is 49.4 Å². The van der Waals surface area contributed by atoms with Crippen molar-refractivity contribution in [2.24, 2.45) is 11.1 Å². The molecule has 12 nitrogen and oxygen atoms in total. The van der Waals surface area contributed by atoms with Gasteiger partial charge in [0.2, 0.25) is 21.8 Å². The summed E-state index contributed by atoms with van der Waals surface area (Å²) in [5.74, 6) is 0.208. The average Bonchev–Trinajstić information content (AvgIpc) is 3.32. The molecule has 0 aliphatic carbocycles. The molecule has 2 aliphatic heterocycles. The minimum atomic E-state index is -3.79. The highest BCUT2D eigenvalue weighted by atomic mass is 32.2. The summed E-state index contributed by atoms with van der Waals surface area (Å²) in [4.78, 5) is 24.7. The van der Waals surface area contributed by atoms with Gasteiger partial charge in [-0.2, -0.15) is 0 Å². The third kappa shape index (κ3) is 4.83. The SMILES string of the molecule is Cc1cc(NC(=O)CSC2NC(=O)C3CNN(c4ccc(S(N)(=O)=O)cc4)C3N2)no1. The first-order valence-electron chi connectivity index (χ1n) is 9.27. The summed E-state index contributed by atoms with van der Waals surface area (Å²) in [7, 11) is -3.79. The van der Waals surface area contributed by atoms with Gasteiger partial charge in [-0.25, -0.2) is 19.0 Å². The van der Waals surface area contributed by atoms with Gasteiger partial charge in [0.1, 0.15) is 17.4 Å². The van der Waals surface area contributed by atoms with Crippen molar-refractivity contribution in [2.75, 3.05) is 22.6 Å². The number of nitrogens with zero attached hydrogens (tertiary/aromatic N) is 2. The molecule has 3 heterocycles. The van der Waals surface area contributed by atoms with E-state index in [4.69, 9.17) is 9.66 Å². The Morgan fingerprint density at radius 3 is 2.77 bits per heavy atom. The molecular weight excluding hydrogens is 446 g/mol. The molecule has 1 aromatic heterocycles. The molecule has 166 valence electrons. The van der Waals surface area contributed by atoms with Gasteiger partial charge >= 0.3 is 0 Å². The highest BCUT2D eigenvalue weighted by Gasteiger charge is 2.44. The molecule has 6 N–H and O–H groups in total. The quantitative estimate of drug-likeness (QED) is 0.365. The number of aryl methyl sites for hydroxylation is 1. The largest absolute Gasteiger partial charge is 0.360 e. The number of anilines is 2. The Bertz CT molecular complexity index is 1090. The fourth-order valence-corrected chi connectivity index (χ4v) is 4.69. The zero-order valence-electron chi connectivity index (χ0n) is 16.4. The number of carbonyl (C=O) groups is 2. The molecule has 3 atom stereocenters. The molecule has 0 saturated carbocycles. The van der Waals surface area contributed by atoms with Gasteiger partial charge in [-0.05, 0) is 31.2 Å². The highest BCUT2D eigenvalue weighted by molar-refractivity contribution is 8.00. The van der Waals surface area contributed by atoms with Crippen LogP contribution in [0.15, 0.2) is 39.8 Å². The molecule has 4 rings (SSSR count). The second-order valence-corrected chi connectivity index (χ2v) is 9.71. The van der Waals surface area contributed by atoms with Gasteiger partial charge in [0.25, 0.3) is 0 Å². The van der Waals surface area contributed by atoms with E-state index in [2.05, 4.69) is 26.5 Å². The molecule has 2 amide bonds. The van der Waals surface area contributed by atoms with E-state index in [-0.39, 0.29) is 34.5 Å². The molecule has 2 aromatic rings. The Balaban J connectivity index is 1.39. The second-order valence-electron chi connectivity index (χ2n) is 7.06. The molecule has 2 aliphatic rings. The number of sulfonamides is 1. The summed E-state index contributed by atoms with van der Waals surface area (Å²) < 4.78 is 27.8. The average molecular weight is 468 g/mol. The van der Waals surface area contributed by atoms with Crippen LogP contribution in [0.4, 0.5) is 11.5 Å². The fraction of sp³-hybridized carbons (Fsp3) is 0.353. The Kier molecular flexibility index (Phi) is 5.90. The molecular formula is C17H21N7O5S2. The number of nitrogens with one attached hydrogen (secondary N) is 4.